The summed E-state index contributed by atoms with van der Waals surface area (Å²) in [5, 5.41) is 13.6. The summed E-state index contributed by atoms with van der Waals surface area (Å²) in [7, 11) is 3.03. The molecule has 3 N–H and O–H groups in total. The van der Waals surface area contributed by atoms with Crippen molar-refractivity contribution in [3.05, 3.63) is 59.4 Å². The normalized spacial score (nSPS) is 20.9. The van der Waals surface area contributed by atoms with Crippen LogP contribution < -0.4 is 25.4 Å². The van der Waals surface area contributed by atoms with E-state index in [2.05, 4.69) is 21.0 Å². The van der Waals surface area contributed by atoms with Crippen LogP contribution in [0.1, 0.15) is 40.8 Å². The zero-order valence-electron chi connectivity index (χ0n) is 20.4. The van der Waals surface area contributed by atoms with E-state index in [1.54, 1.807) is 24.3 Å². The topological polar surface area (TPSA) is 89.4 Å². The number of benzene rings is 2. The number of alkyl halides is 2. The SMILES string of the molecule is COc1ccc(C2CC(C(F)F)n3nc(-c4ccc(C(=O)NC5CCNC5)cc4F)cc3N2)cc1OC. The monoisotopic (exact) mass is 515 g/mol. The molecule has 0 bridgehead atoms. The summed E-state index contributed by atoms with van der Waals surface area (Å²) in [5.74, 6) is 0.359. The van der Waals surface area contributed by atoms with Gasteiger partial charge in [-0.05, 0) is 55.3 Å². The quantitative estimate of drug-likeness (QED) is 0.438. The van der Waals surface area contributed by atoms with Crippen LogP contribution in [0.5, 0.6) is 11.5 Å². The third kappa shape index (κ3) is 4.95. The number of nitrogens with zero attached hydrogens (tertiary/aromatic N) is 2. The van der Waals surface area contributed by atoms with Crippen molar-refractivity contribution in [2.45, 2.75) is 37.4 Å². The number of methoxy groups -OCH3 is 2. The molecule has 3 aromatic rings. The number of halogens is 3. The molecule has 0 aliphatic carbocycles. The van der Waals surface area contributed by atoms with E-state index in [0.717, 1.165) is 24.6 Å². The predicted octanol–water partition coefficient (Wildman–Crippen LogP) is 4.16. The number of aromatic nitrogens is 2. The van der Waals surface area contributed by atoms with E-state index in [4.69, 9.17) is 9.47 Å². The molecule has 0 spiro atoms. The van der Waals surface area contributed by atoms with Gasteiger partial charge in [0.25, 0.3) is 12.3 Å². The molecule has 1 amide bonds. The van der Waals surface area contributed by atoms with Gasteiger partial charge in [0, 0.05) is 29.8 Å². The van der Waals surface area contributed by atoms with Gasteiger partial charge >= 0.3 is 0 Å². The largest absolute Gasteiger partial charge is 0.493 e. The summed E-state index contributed by atoms with van der Waals surface area (Å²) < 4.78 is 55.1. The highest BCUT2D eigenvalue weighted by molar-refractivity contribution is 5.95. The van der Waals surface area contributed by atoms with Crippen molar-refractivity contribution in [1.29, 1.82) is 0 Å². The molecule has 37 heavy (non-hydrogen) atoms. The molecule has 2 aliphatic rings. The summed E-state index contributed by atoms with van der Waals surface area (Å²) >= 11 is 0. The van der Waals surface area contributed by atoms with Crippen LogP contribution >= 0.6 is 0 Å². The third-order valence-corrected chi connectivity index (χ3v) is 6.85. The van der Waals surface area contributed by atoms with Gasteiger partial charge in [-0.3, -0.25) is 4.79 Å². The minimum atomic E-state index is -2.68. The van der Waals surface area contributed by atoms with Gasteiger partial charge in [-0.15, -0.1) is 0 Å². The number of fused-ring (bicyclic) bond motifs is 1. The second kappa shape index (κ2) is 10.3. The van der Waals surface area contributed by atoms with E-state index in [1.165, 1.54) is 31.0 Å². The number of ether oxygens (including phenoxy) is 2. The number of carbonyl (C=O) groups excluding carboxylic acids is 1. The van der Waals surface area contributed by atoms with Gasteiger partial charge in [0.05, 0.1) is 26.0 Å². The first-order valence-corrected chi connectivity index (χ1v) is 12.1. The van der Waals surface area contributed by atoms with Gasteiger partial charge in [0.2, 0.25) is 0 Å². The molecule has 3 heterocycles. The van der Waals surface area contributed by atoms with Crippen LogP contribution in [0.25, 0.3) is 11.3 Å². The predicted molar refractivity (Wildman–Crippen MR) is 132 cm³/mol. The molecule has 5 rings (SSSR count). The molecule has 3 atom stereocenters. The molecule has 2 aliphatic heterocycles. The number of nitrogens with one attached hydrogen (secondary N) is 3. The van der Waals surface area contributed by atoms with E-state index >= 15 is 4.39 Å². The Bertz CT molecular complexity index is 1290. The summed E-state index contributed by atoms with van der Waals surface area (Å²) in [6, 6.07) is 9.27. The Morgan fingerprint density at radius 3 is 2.62 bits per heavy atom. The standard InChI is InChI=1S/C26H28F3N5O3/c1-36-22-6-4-14(10-23(22)37-2)19-11-21(25(28)29)34-24(32-19)12-20(33-34)17-5-3-15(9-18(17)27)26(35)31-16-7-8-30-13-16/h3-6,9-10,12,16,19,21,25,30,32H,7-8,11,13H2,1-2H3,(H,31,35). The highest BCUT2D eigenvalue weighted by Gasteiger charge is 2.35. The molecular weight excluding hydrogens is 487 g/mol. The molecule has 8 nitrogen and oxygen atoms in total. The number of anilines is 1. The van der Waals surface area contributed by atoms with Crippen molar-refractivity contribution in [1.82, 2.24) is 20.4 Å². The van der Waals surface area contributed by atoms with Crippen LogP contribution in [0.2, 0.25) is 0 Å². The van der Waals surface area contributed by atoms with E-state index in [-0.39, 0.29) is 35.2 Å². The average Bonchev–Trinajstić information content (AvgIpc) is 3.57. The summed E-state index contributed by atoms with van der Waals surface area (Å²) in [5.41, 5.74) is 1.26. The van der Waals surface area contributed by atoms with Crippen molar-refractivity contribution in [3.63, 3.8) is 0 Å². The van der Waals surface area contributed by atoms with E-state index in [1.807, 2.05) is 0 Å². The first-order chi connectivity index (χ1) is 17.9. The Morgan fingerprint density at radius 2 is 1.95 bits per heavy atom. The maximum atomic E-state index is 15.1. The number of amides is 1. The van der Waals surface area contributed by atoms with E-state index < -0.39 is 24.3 Å². The number of hydrogen-bond acceptors (Lipinski definition) is 6. The van der Waals surface area contributed by atoms with Crippen LogP contribution in [-0.4, -0.2) is 55.5 Å². The van der Waals surface area contributed by atoms with Crippen molar-refractivity contribution < 1.29 is 27.4 Å². The van der Waals surface area contributed by atoms with Gasteiger partial charge in [0.1, 0.15) is 17.7 Å². The van der Waals surface area contributed by atoms with Crippen LogP contribution in [0, 0.1) is 5.82 Å². The second-order valence-electron chi connectivity index (χ2n) is 9.17. The molecule has 1 fully saturated rings. The van der Waals surface area contributed by atoms with Gasteiger partial charge < -0.3 is 25.4 Å². The molecule has 11 heteroatoms. The van der Waals surface area contributed by atoms with Crippen molar-refractivity contribution in [2.75, 3.05) is 32.6 Å². The summed E-state index contributed by atoms with van der Waals surface area (Å²) in [4.78, 5) is 12.5. The number of rotatable bonds is 7. The first-order valence-electron chi connectivity index (χ1n) is 12.1. The second-order valence-corrected chi connectivity index (χ2v) is 9.17. The lowest BCUT2D eigenvalue weighted by atomic mass is 9.97. The fourth-order valence-electron chi connectivity index (χ4n) is 4.87. The van der Waals surface area contributed by atoms with Crippen LogP contribution in [0.3, 0.4) is 0 Å². The highest BCUT2D eigenvalue weighted by Crippen LogP contribution is 2.41. The third-order valence-electron chi connectivity index (χ3n) is 6.85. The highest BCUT2D eigenvalue weighted by atomic mass is 19.3. The van der Waals surface area contributed by atoms with Gasteiger partial charge in [-0.25, -0.2) is 17.9 Å². The Morgan fingerprint density at radius 1 is 1.14 bits per heavy atom. The maximum Gasteiger partial charge on any atom is 0.260 e. The van der Waals surface area contributed by atoms with Gasteiger partial charge in [0.15, 0.2) is 11.5 Å². The lowest BCUT2D eigenvalue weighted by Crippen LogP contribution is -2.36. The minimum absolute atomic E-state index is 0.00562. The molecule has 196 valence electrons. The molecule has 1 aromatic heterocycles. The van der Waals surface area contributed by atoms with E-state index in [0.29, 0.717) is 23.9 Å². The van der Waals surface area contributed by atoms with Gasteiger partial charge in [-0.2, -0.15) is 5.10 Å². The lowest BCUT2D eigenvalue weighted by molar-refractivity contribution is 0.0659. The lowest BCUT2D eigenvalue weighted by Gasteiger charge is -2.32. The van der Waals surface area contributed by atoms with Crippen LogP contribution in [0.4, 0.5) is 19.0 Å². The zero-order valence-corrected chi connectivity index (χ0v) is 20.4. The fraction of sp³-hybridized carbons (Fsp3) is 0.385. The smallest absolute Gasteiger partial charge is 0.260 e. The summed E-state index contributed by atoms with van der Waals surface area (Å²) in [6.45, 7) is 1.50. The number of carbonyl (C=O) groups is 1. The van der Waals surface area contributed by atoms with Crippen molar-refractivity contribution >= 4 is 11.7 Å². The molecular formula is C26H28F3N5O3. The zero-order chi connectivity index (χ0) is 26.1. The summed E-state index contributed by atoms with van der Waals surface area (Å²) in [6.07, 6.45) is -1.80. The maximum absolute atomic E-state index is 15.1. The van der Waals surface area contributed by atoms with Crippen LogP contribution in [-0.2, 0) is 0 Å². The Kier molecular flexibility index (Phi) is 6.96. The van der Waals surface area contributed by atoms with E-state index in [9.17, 15) is 13.6 Å². The first kappa shape index (κ1) is 24.9. The van der Waals surface area contributed by atoms with Gasteiger partial charge in [-0.1, -0.05) is 6.07 Å². The minimum Gasteiger partial charge on any atom is -0.493 e. The molecule has 3 unspecified atom stereocenters. The molecule has 0 radical (unpaired) electrons. The van der Waals surface area contributed by atoms with Crippen molar-refractivity contribution in [3.8, 4) is 22.8 Å². The molecule has 0 saturated carbocycles. The Hall–Kier alpha value is -3.73. The molecule has 2 aromatic carbocycles. The Balaban J connectivity index is 1.41. The van der Waals surface area contributed by atoms with Crippen LogP contribution in [0.15, 0.2) is 42.5 Å². The molecule has 1 saturated heterocycles. The fourth-order valence-corrected chi connectivity index (χ4v) is 4.87. The Labute approximate surface area is 212 Å². The van der Waals surface area contributed by atoms with Crippen molar-refractivity contribution in [2.24, 2.45) is 0 Å². The number of hydrogen-bond donors (Lipinski definition) is 3. The average molecular weight is 516 g/mol.